The summed E-state index contributed by atoms with van der Waals surface area (Å²) >= 11 is 7.41. The van der Waals surface area contributed by atoms with E-state index in [0.29, 0.717) is 10.9 Å². The molecule has 0 atom stereocenters. The first-order valence-corrected chi connectivity index (χ1v) is 7.78. The van der Waals surface area contributed by atoms with Crippen LogP contribution in [0.3, 0.4) is 0 Å². The van der Waals surface area contributed by atoms with E-state index < -0.39 is 0 Å². The number of pyridine rings is 2. The van der Waals surface area contributed by atoms with E-state index >= 15 is 0 Å². The van der Waals surface area contributed by atoms with Crippen molar-refractivity contribution < 1.29 is 0 Å². The average Bonchev–Trinajstić information content (AvgIpc) is 2.43. The standard InChI is InChI=1S/C15H18ClN3S/c1-11(2)8-17-9-12-4-3-7-18-15(12)20-14-6-5-13(16)10-19-14/h3-7,10-11,17H,8-9H2,1-2H3. The molecular formula is C15H18ClN3S. The summed E-state index contributed by atoms with van der Waals surface area (Å²) in [7, 11) is 0. The largest absolute Gasteiger partial charge is 0.312 e. The van der Waals surface area contributed by atoms with Crippen molar-refractivity contribution in [2.75, 3.05) is 6.54 Å². The van der Waals surface area contributed by atoms with Gasteiger partial charge in [0.25, 0.3) is 0 Å². The zero-order chi connectivity index (χ0) is 14.4. The molecule has 0 spiro atoms. The highest BCUT2D eigenvalue weighted by Crippen LogP contribution is 2.27. The van der Waals surface area contributed by atoms with E-state index in [-0.39, 0.29) is 0 Å². The zero-order valence-corrected chi connectivity index (χ0v) is 13.2. The van der Waals surface area contributed by atoms with Gasteiger partial charge in [-0.25, -0.2) is 9.97 Å². The lowest BCUT2D eigenvalue weighted by Gasteiger charge is -2.10. The third-order valence-electron chi connectivity index (χ3n) is 2.62. The van der Waals surface area contributed by atoms with Gasteiger partial charge in [-0.05, 0) is 48.0 Å². The van der Waals surface area contributed by atoms with Crippen LogP contribution in [0.25, 0.3) is 0 Å². The molecule has 3 nitrogen and oxygen atoms in total. The van der Waals surface area contributed by atoms with Gasteiger partial charge in [-0.3, -0.25) is 0 Å². The molecule has 2 rings (SSSR count). The van der Waals surface area contributed by atoms with Crippen LogP contribution in [0.4, 0.5) is 0 Å². The van der Waals surface area contributed by atoms with Crippen LogP contribution >= 0.6 is 23.4 Å². The Kier molecular flexibility index (Phi) is 5.83. The number of aromatic nitrogens is 2. The molecule has 2 aromatic rings. The fourth-order valence-corrected chi connectivity index (χ4v) is 2.60. The third kappa shape index (κ3) is 4.78. The molecule has 0 saturated carbocycles. The molecule has 0 bridgehead atoms. The summed E-state index contributed by atoms with van der Waals surface area (Å²) in [4.78, 5) is 8.74. The summed E-state index contributed by atoms with van der Waals surface area (Å²) in [6.45, 7) is 6.22. The second-order valence-electron chi connectivity index (χ2n) is 4.91. The van der Waals surface area contributed by atoms with Crippen LogP contribution in [-0.4, -0.2) is 16.5 Å². The van der Waals surface area contributed by atoms with Crippen LogP contribution < -0.4 is 5.32 Å². The molecule has 0 fully saturated rings. The quantitative estimate of drug-likeness (QED) is 0.874. The molecule has 0 unspecified atom stereocenters. The summed E-state index contributed by atoms with van der Waals surface area (Å²) in [5.41, 5.74) is 1.19. The predicted octanol–water partition coefficient (Wildman–Crippen LogP) is 4.03. The molecule has 20 heavy (non-hydrogen) atoms. The minimum absolute atomic E-state index is 0.640. The van der Waals surface area contributed by atoms with Crippen LogP contribution in [0.1, 0.15) is 19.4 Å². The minimum atomic E-state index is 0.640. The Balaban J connectivity index is 2.05. The van der Waals surface area contributed by atoms with Crippen molar-refractivity contribution in [3.05, 3.63) is 47.2 Å². The van der Waals surface area contributed by atoms with Crippen LogP contribution in [0.2, 0.25) is 5.02 Å². The van der Waals surface area contributed by atoms with Gasteiger partial charge in [0, 0.05) is 18.9 Å². The number of rotatable bonds is 6. The Morgan fingerprint density at radius 1 is 1.25 bits per heavy atom. The van der Waals surface area contributed by atoms with Gasteiger partial charge in [0.2, 0.25) is 0 Å². The maximum Gasteiger partial charge on any atom is 0.107 e. The molecule has 0 saturated heterocycles. The Morgan fingerprint density at radius 3 is 2.80 bits per heavy atom. The molecule has 2 heterocycles. The van der Waals surface area contributed by atoms with E-state index in [9.17, 15) is 0 Å². The van der Waals surface area contributed by atoms with Crippen molar-refractivity contribution in [3.8, 4) is 0 Å². The monoisotopic (exact) mass is 307 g/mol. The molecule has 0 aliphatic heterocycles. The fourth-order valence-electron chi connectivity index (χ4n) is 1.67. The van der Waals surface area contributed by atoms with Crippen LogP contribution in [-0.2, 0) is 6.54 Å². The van der Waals surface area contributed by atoms with Crippen molar-refractivity contribution in [2.24, 2.45) is 5.92 Å². The minimum Gasteiger partial charge on any atom is -0.312 e. The average molecular weight is 308 g/mol. The lowest BCUT2D eigenvalue weighted by atomic mass is 10.2. The SMILES string of the molecule is CC(C)CNCc1cccnc1Sc1ccc(Cl)cn1. The van der Waals surface area contributed by atoms with E-state index in [0.717, 1.165) is 23.1 Å². The molecule has 2 aromatic heterocycles. The maximum absolute atomic E-state index is 5.85. The number of hydrogen-bond donors (Lipinski definition) is 1. The molecule has 106 valence electrons. The number of nitrogens with one attached hydrogen (secondary N) is 1. The molecule has 0 radical (unpaired) electrons. The second kappa shape index (κ2) is 7.62. The molecule has 0 aliphatic carbocycles. The zero-order valence-electron chi connectivity index (χ0n) is 11.6. The number of halogens is 1. The van der Waals surface area contributed by atoms with Gasteiger partial charge < -0.3 is 5.32 Å². The Labute approximate surface area is 129 Å². The fraction of sp³-hybridized carbons (Fsp3) is 0.333. The first-order chi connectivity index (χ1) is 9.65. The third-order valence-corrected chi connectivity index (χ3v) is 3.85. The predicted molar refractivity (Wildman–Crippen MR) is 84.2 cm³/mol. The molecule has 0 aromatic carbocycles. The smallest absolute Gasteiger partial charge is 0.107 e. The van der Waals surface area contributed by atoms with Crippen molar-refractivity contribution >= 4 is 23.4 Å². The first kappa shape index (κ1) is 15.3. The Bertz CT molecular complexity index is 543. The molecule has 0 aliphatic rings. The second-order valence-corrected chi connectivity index (χ2v) is 6.35. The van der Waals surface area contributed by atoms with Crippen LogP contribution in [0, 0.1) is 5.92 Å². The molecular weight excluding hydrogens is 290 g/mol. The van der Waals surface area contributed by atoms with Crippen molar-refractivity contribution in [3.63, 3.8) is 0 Å². The van der Waals surface area contributed by atoms with Gasteiger partial charge in [0.05, 0.1) is 5.02 Å². The van der Waals surface area contributed by atoms with Crippen molar-refractivity contribution in [1.29, 1.82) is 0 Å². The number of hydrogen-bond acceptors (Lipinski definition) is 4. The summed E-state index contributed by atoms with van der Waals surface area (Å²) < 4.78 is 0. The Morgan fingerprint density at radius 2 is 2.10 bits per heavy atom. The number of nitrogens with zero attached hydrogens (tertiary/aromatic N) is 2. The van der Waals surface area contributed by atoms with Crippen molar-refractivity contribution in [2.45, 2.75) is 30.4 Å². The summed E-state index contributed by atoms with van der Waals surface area (Å²) in [5.74, 6) is 0.640. The Hall–Kier alpha value is -1.10. The van der Waals surface area contributed by atoms with Crippen LogP contribution in [0.15, 0.2) is 46.7 Å². The maximum atomic E-state index is 5.85. The van der Waals surface area contributed by atoms with E-state index in [1.165, 1.54) is 5.56 Å². The summed E-state index contributed by atoms with van der Waals surface area (Å²) in [5, 5.41) is 5.97. The van der Waals surface area contributed by atoms with E-state index in [4.69, 9.17) is 11.6 Å². The summed E-state index contributed by atoms with van der Waals surface area (Å²) in [6, 6.07) is 7.81. The van der Waals surface area contributed by atoms with E-state index in [1.54, 1.807) is 18.0 Å². The first-order valence-electron chi connectivity index (χ1n) is 6.59. The van der Waals surface area contributed by atoms with Gasteiger partial charge in [-0.15, -0.1) is 0 Å². The highest BCUT2D eigenvalue weighted by Gasteiger charge is 2.06. The normalized spacial score (nSPS) is 11.0. The van der Waals surface area contributed by atoms with Gasteiger partial charge in [0.15, 0.2) is 0 Å². The van der Waals surface area contributed by atoms with Gasteiger partial charge >= 0.3 is 0 Å². The van der Waals surface area contributed by atoms with Gasteiger partial charge in [0.1, 0.15) is 10.1 Å². The van der Waals surface area contributed by atoms with Gasteiger partial charge in [-0.1, -0.05) is 31.5 Å². The molecule has 0 amide bonds. The molecule has 1 N–H and O–H groups in total. The van der Waals surface area contributed by atoms with E-state index in [1.807, 2.05) is 24.4 Å². The topological polar surface area (TPSA) is 37.8 Å². The highest BCUT2D eigenvalue weighted by molar-refractivity contribution is 7.99. The molecule has 5 heteroatoms. The lowest BCUT2D eigenvalue weighted by Crippen LogP contribution is -2.19. The van der Waals surface area contributed by atoms with Crippen molar-refractivity contribution in [1.82, 2.24) is 15.3 Å². The van der Waals surface area contributed by atoms with Crippen LogP contribution in [0.5, 0.6) is 0 Å². The van der Waals surface area contributed by atoms with Gasteiger partial charge in [-0.2, -0.15) is 0 Å². The highest BCUT2D eigenvalue weighted by atomic mass is 35.5. The van der Waals surface area contributed by atoms with E-state index in [2.05, 4.69) is 35.2 Å². The lowest BCUT2D eigenvalue weighted by molar-refractivity contribution is 0.549. The summed E-state index contributed by atoms with van der Waals surface area (Å²) in [6.07, 6.45) is 3.47.